The number of hydrogen-bond donors (Lipinski definition) is 1. The van der Waals surface area contributed by atoms with Crippen molar-refractivity contribution in [3.05, 3.63) is 51.9 Å². The SMILES string of the molecule is C#Cc1ccccc1-c1cc(C2=C(C3CCC(C)CC3)CN(C)CC2)c(C(=O)O)s1. The second-order valence-corrected chi connectivity index (χ2v) is 9.85. The largest absolute Gasteiger partial charge is 0.477 e. The van der Waals surface area contributed by atoms with E-state index in [9.17, 15) is 9.90 Å². The molecule has 4 heteroatoms. The van der Waals surface area contributed by atoms with Gasteiger partial charge in [-0.1, -0.05) is 43.9 Å². The molecular weight excluding hydrogens is 390 g/mol. The van der Waals surface area contributed by atoms with Gasteiger partial charge in [0, 0.05) is 34.7 Å². The highest BCUT2D eigenvalue weighted by molar-refractivity contribution is 7.17. The van der Waals surface area contributed by atoms with Crippen molar-refractivity contribution in [3.8, 4) is 22.8 Å². The van der Waals surface area contributed by atoms with Crippen LogP contribution in [-0.4, -0.2) is 36.1 Å². The quantitative estimate of drug-likeness (QED) is 0.617. The minimum absolute atomic E-state index is 0.443. The Morgan fingerprint density at radius 1 is 1.20 bits per heavy atom. The summed E-state index contributed by atoms with van der Waals surface area (Å²) in [4.78, 5) is 16.0. The number of rotatable bonds is 4. The highest BCUT2D eigenvalue weighted by Crippen LogP contribution is 2.43. The molecule has 2 heterocycles. The highest BCUT2D eigenvalue weighted by Gasteiger charge is 2.30. The molecule has 0 bridgehead atoms. The maximum atomic E-state index is 12.2. The van der Waals surface area contributed by atoms with Crippen LogP contribution in [0.5, 0.6) is 0 Å². The van der Waals surface area contributed by atoms with E-state index in [1.54, 1.807) is 0 Å². The number of nitrogens with zero attached hydrogens (tertiary/aromatic N) is 1. The first kappa shape index (κ1) is 20.9. The van der Waals surface area contributed by atoms with Crippen LogP contribution in [-0.2, 0) is 0 Å². The lowest BCUT2D eigenvalue weighted by Gasteiger charge is -2.35. The Kier molecular flexibility index (Phi) is 6.13. The normalized spacial score (nSPS) is 22.7. The van der Waals surface area contributed by atoms with Crippen molar-refractivity contribution in [1.29, 1.82) is 0 Å². The van der Waals surface area contributed by atoms with Gasteiger partial charge in [-0.3, -0.25) is 0 Å². The van der Waals surface area contributed by atoms with Gasteiger partial charge >= 0.3 is 5.97 Å². The zero-order chi connectivity index (χ0) is 21.3. The average molecular weight is 420 g/mol. The zero-order valence-corrected chi connectivity index (χ0v) is 18.6. The van der Waals surface area contributed by atoms with E-state index in [1.165, 1.54) is 48.2 Å². The van der Waals surface area contributed by atoms with Crippen LogP contribution in [0.25, 0.3) is 16.0 Å². The fraction of sp³-hybridized carbons (Fsp3) is 0.423. The highest BCUT2D eigenvalue weighted by atomic mass is 32.1. The first-order valence-electron chi connectivity index (χ1n) is 10.8. The van der Waals surface area contributed by atoms with Gasteiger partial charge in [-0.15, -0.1) is 17.8 Å². The number of thiophene rings is 1. The van der Waals surface area contributed by atoms with Crippen molar-refractivity contribution >= 4 is 22.9 Å². The Bertz CT molecular complexity index is 1020. The maximum Gasteiger partial charge on any atom is 0.346 e. The minimum Gasteiger partial charge on any atom is -0.477 e. The van der Waals surface area contributed by atoms with Crippen LogP contribution >= 0.6 is 11.3 Å². The van der Waals surface area contributed by atoms with E-state index >= 15 is 0 Å². The van der Waals surface area contributed by atoms with Crippen molar-refractivity contribution < 1.29 is 9.90 Å². The summed E-state index contributed by atoms with van der Waals surface area (Å²) in [6.45, 7) is 4.25. The van der Waals surface area contributed by atoms with Crippen LogP contribution in [0.2, 0.25) is 0 Å². The first-order chi connectivity index (χ1) is 14.5. The summed E-state index contributed by atoms with van der Waals surface area (Å²) in [5.41, 5.74) is 5.40. The van der Waals surface area contributed by atoms with Crippen LogP contribution in [0.4, 0.5) is 0 Å². The molecule has 2 aliphatic rings. The Balaban J connectivity index is 1.82. The van der Waals surface area contributed by atoms with E-state index in [0.717, 1.165) is 47.0 Å². The summed E-state index contributed by atoms with van der Waals surface area (Å²) in [5, 5.41) is 10.0. The van der Waals surface area contributed by atoms with Crippen molar-refractivity contribution in [1.82, 2.24) is 4.90 Å². The van der Waals surface area contributed by atoms with Crippen molar-refractivity contribution in [2.24, 2.45) is 11.8 Å². The van der Waals surface area contributed by atoms with Gasteiger partial charge in [-0.25, -0.2) is 4.79 Å². The number of benzene rings is 1. The predicted octanol–water partition coefficient (Wildman–Crippen LogP) is 6.01. The first-order valence-corrected chi connectivity index (χ1v) is 11.6. The Hall–Kier alpha value is -2.35. The van der Waals surface area contributed by atoms with E-state index in [0.29, 0.717) is 10.8 Å². The van der Waals surface area contributed by atoms with Gasteiger partial charge in [0.1, 0.15) is 4.88 Å². The number of hydrogen-bond acceptors (Lipinski definition) is 3. The molecule has 30 heavy (non-hydrogen) atoms. The molecule has 1 N–H and O–H groups in total. The third kappa shape index (κ3) is 4.10. The van der Waals surface area contributed by atoms with Crippen LogP contribution in [0.3, 0.4) is 0 Å². The summed E-state index contributed by atoms with van der Waals surface area (Å²) in [6, 6.07) is 9.87. The molecule has 156 valence electrons. The summed E-state index contributed by atoms with van der Waals surface area (Å²) in [6.07, 6.45) is 11.6. The van der Waals surface area contributed by atoms with Gasteiger partial charge in [0.15, 0.2) is 0 Å². The zero-order valence-electron chi connectivity index (χ0n) is 17.8. The molecule has 0 atom stereocenters. The molecule has 1 aliphatic heterocycles. The third-order valence-electron chi connectivity index (χ3n) is 6.68. The number of likely N-dealkylation sites (N-methyl/N-ethyl adjacent to an activating group) is 1. The van der Waals surface area contributed by atoms with Crippen LogP contribution < -0.4 is 0 Å². The monoisotopic (exact) mass is 419 g/mol. The molecule has 1 aliphatic carbocycles. The van der Waals surface area contributed by atoms with E-state index in [1.807, 2.05) is 24.3 Å². The van der Waals surface area contributed by atoms with Gasteiger partial charge in [0.25, 0.3) is 0 Å². The lowest BCUT2D eigenvalue weighted by molar-refractivity contribution is 0.0702. The van der Waals surface area contributed by atoms with Gasteiger partial charge in [-0.2, -0.15) is 0 Å². The summed E-state index contributed by atoms with van der Waals surface area (Å²) in [5.74, 6) is 3.27. The summed E-state index contributed by atoms with van der Waals surface area (Å²) in [7, 11) is 2.17. The molecule has 4 rings (SSSR count). The van der Waals surface area contributed by atoms with Crippen molar-refractivity contribution in [2.45, 2.75) is 39.0 Å². The van der Waals surface area contributed by atoms with Crippen molar-refractivity contribution in [3.63, 3.8) is 0 Å². The van der Waals surface area contributed by atoms with Crippen LogP contribution in [0.1, 0.15) is 59.8 Å². The van der Waals surface area contributed by atoms with E-state index in [2.05, 4.69) is 30.9 Å². The van der Waals surface area contributed by atoms with Gasteiger partial charge in [0.2, 0.25) is 0 Å². The van der Waals surface area contributed by atoms with E-state index in [4.69, 9.17) is 6.42 Å². The van der Waals surface area contributed by atoms with E-state index in [-0.39, 0.29) is 0 Å². The molecule has 1 fully saturated rings. The van der Waals surface area contributed by atoms with Gasteiger partial charge < -0.3 is 10.0 Å². The smallest absolute Gasteiger partial charge is 0.346 e. The number of aromatic carboxylic acids is 1. The fourth-order valence-corrected chi connectivity index (χ4v) is 6.01. The predicted molar refractivity (Wildman–Crippen MR) is 125 cm³/mol. The molecule has 3 nitrogen and oxygen atoms in total. The molecule has 0 amide bonds. The summed E-state index contributed by atoms with van der Waals surface area (Å²) >= 11 is 1.35. The molecule has 0 radical (unpaired) electrons. The Morgan fingerprint density at radius 2 is 1.93 bits per heavy atom. The molecule has 0 spiro atoms. The van der Waals surface area contributed by atoms with Gasteiger partial charge in [-0.05, 0) is 61.4 Å². The third-order valence-corrected chi connectivity index (χ3v) is 7.84. The second-order valence-electron chi connectivity index (χ2n) is 8.80. The van der Waals surface area contributed by atoms with Gasteiger partial charge in [0.05, 0.1) is 0 Å². The number of carboxylic acids is 1. The molecular formula is C26H29NO2S. The molecule has 2 aromatic rings. The Labute approximate surface area is 183 Å². The molecule has 0 unspecified atom stereocenters. The van der Waals surface area contributed by atoms with Crippen molar-refractivity contribution in [2.75, 3.05) is 20.1 Å². The maximum absolute atomic E-state index is 12.2. The molecule has 1 saturated carbocycles. The molecule has 1 aromatic carbocycles. The Morgan fingerprint density at radius 3 is 2.63 bits per heavy atom. The average Bonchev–Trinajstić information content (AvgIpc) is 3.19. The number of terminal acetylenes is 1. The fourth-order valence-electron chi connectivity index (χ4n) is 4.95. The van der Waals surface area contributed by atoms with Crippen LogP contribution in [0, 0.1) is 24.2 Å². The molecule has 0 saturated heterocycles. The topological polar surface area (TPSA) is 40.5 Å². The standard InChI is InChI=1S/C26H29NO2S/c1-4-18-7-5-6-8-20(18)24-15-22(25(30-24)26(28)29)21-13-14-27(3)16-23(21)19-11-9-17(2)10-12-19/h1,5-8,15,17,19H,9-14,16H2,2-3H3,(H,28,29). The number of carbonyl (C=O) groups is 1. The lowest BCUT2D eigenvalue weighted by Crippen LogP contribution is -2.31. The summed E-state index contributed by atoms with van der Waals surface area (Å²) < 4.78 is 0. The number of carboxylic acid groups (broad SMARTS) is 1. The van der Waals surface area contributed by atoms with E-state index < -0.39 is 5.97 Å². The second kappa shape index (κ2) is 8.79. The lowest BCUT2D eigenvalue weighted by atomic mass is 9.75. The minimum atomic E-state index is -0.845. The molecule has 1 aromatic heterocycles. The van der Waals surface area contributed by atoms with Crippen LogP contribution in [0.15, 0.2) is 35.9 Å².